The first-order chi connectivity index (χ1) is 19.2. The van der Waals surface area contributed by atoms with Crippen molar-refractivity contribution < 1.29 is 24.1 Å². The zero-order valence-corrected chi connectivity index (χ0v) is 22.5. The molecule has 1 heterocycles. The molecule has 0 aliphatic heterocycles. The van der Waals surface area contributed by atoms with Crippen LogP contribution in [-0.4, -0.2) is 40.5 Å². The van der Waals surface area contributed by atoms with Gasteiger partial charge in [-0.25, -0.2) is 9.18 Å². The van der Waals surface area contributed by atoms with E-state index in [0.717, 1.165) is 24.0 Å². The fraction of sp³-hybridized carbons (Fsp3) is 0.290. The zero-order chi connectivity index (χ0) is 28.9. The molecule has 3 aromatic rings. The molecule has 1 aliphatic rings. The van der Waals surface area contributed by atoms with Gasteiger partial charge in [0.15, 0.2) is 5.83 Å². The quantitative estimate of drug-likeness (QED) is 0.288. The summed E-state index contributed by atoms with van der Waals surface area (Å²) in [5.74, 6) is -1.70. The molecule has 4 rings (SSSR count). The van der Waals surface area contributed by atoms with E-state index in [1.54, 1.807) is 0 Å². The molecule has 0 spiro atoms. The van der Waals surface area contributed by atoms with E-state index in [2.05, 4.69) is 11.9 Å². The van der Waals surface area contributed by atoms with Crippen LogP contribution in [0.3, 0.4) is 0 Å². The first-order valence-corrected chi connectivity index (χ1v) is 13.2. The monoisotopic (exact) mass is 547 g/mol. The second-order valence-electron chi connectivity index (χ2n) is 9.98. The van der Waals surface area contributed by atoms with Crippen molar-refractivity contribution in [3.8, 4) is 16.9 Å². The third kappa shape index (κ3) is 5.79. The first kappa shape index (κ1) is 28.6. The van der Waals surface area contributed by atoms with Crippen LogP contribution in [0.25, 0.3) is 23.4 Å². The first-order valence-electron chi connectivity index (χ1n) is 13.2. The molecular weight excluding hydrogens is 513 g/mol. The Morgan fingerprint density at radius 1 is 1.12 bits per heavy atom. The predicted molar refractivity (Wildman–Crippen MR) is 153 cm³/mol. The molecule has 0 amide bonds. The van der Waals surface area contributed by atoms with Gasteiger partial charge in [0.25, 0.3) is 0 Å². The molecule has 0 unspecified atom stereocenters. The molecule has 1 saturated carbocycles. The van der Waals surface area contributed by atoms with Crippen LogP contribution >= 0.6 is 0 Å². The molecule has 9 heteroatoms. The number of allylic oxidation sites excluding steroid dienone is 1. The number of aromatic carboxylic acids is 1. The lowest BCUT2D eigenvalue weighted by atomic mass is 9.97. The van der Waals surface area contributed by atoms with Crippen molar-refractivity contribution in [3.63, 3.8) is 0 Å². The van der Waals surface area contributed by atoms with E-state index in [4.69, 9.17) is 10.5 Å². The molecule has 40 heavy (non-hydrogen) atoms. The number of hydrogen-bond acceptors (Lipinski definition) is 6. The molecule has 8 nitrogen and oxygen atoms in total. The molecule has 1 aliphatic carbocycles. The summed E-state index contributed by atoms with van der Waals surface area (Å²) in [5.41, 5.74) is 5.52. The predicted octanol–water partition coefficient (Wildman–Crippen LogP) is 2.82. The van der Waals surface area contributed by atoms with Crippen molar-refractivity contribution in [1.29, 1.82) is 0 Å². The Morgan fingerprint density at radius 2 is 1.75 bits per heavy atom. The SMILES string of the molecule is C=c1/c(=C(N)\C(F)=C(/C)NCCOc2ccc(-c3ccccc3)cc2)c(=O)c(C(=O)O)cn1C1(CO)CCCC1. The number of hydrogen-bond donors (Lipinski definition) is 4. The number of halogens is 1. The average Bonchev–Trinajstić information content (AvgIpc) is 3.45. The van der Waals surface area contributed by atoms with Crippen molar-refractivity contribution in [3.05, 3.63) is 98.7 Å². The number of aliphatic hydroxyl groups excluding tert-OH is 1. The van der Waals surface area contributed by atoms with E-state index in [1.807, 2.05) is 54.6 Å². The Morgan fingerprint density at radius 3 is 2.35 bits per heavy atom. The lowest BCUT2D eigenvalue weighted by Gasteiger charge is -2.31. The van der Waals surface area contributed by atoms with Crippen LogP contribution in [0, 0.1) is 0 Å². The second kappa shape index (κ2) is 12.2. The maximum atomic E-state index is 15.5. The number of carbonyl (C=O) groups is 1. The number of nitrogens with two attached hydrogens (primary N) is 1. The van der Waals surface area contributed by atoms with E-state index in [0.29, 0.717) is 18.6 Å². The molecule has 210 valence electrons. The minimum atomic E-state index is -1.47. The number of pyridine rings is 1. The minimum absolute atomic E-state index is 0.0596. The second-order valence-corrected chi connectivity index (χ2v) is 9.98. The summed E-state index contributed by atoms with van der Waals surface area (Å²) in [6.45, 7) is 5.62. The van der Waals surface area contributed by atoms with Gasteiger partial charge in [-0.3, -0.25) is 4.79 Å². The Kier molecular flexibility index (Phi) is 8.74. The molecular formula is C31H34FN3O5. The summed E-state index contributed by atoms with van der Waals surface area (Å²) >= 11 is 0. The smallest absolute Gasteiger partial charge is 0.341 e. The van der Waals surface area contributed by atoms with Gasteiger partial charge in [-0.15, -0.1) is 0 Å². The van der Waals surface area contributed by atoms with Crippen LogP contribution in [0.1, 0.15) is 43.0 Å². The highest BCUT2D eigenvalue weighted by molar-refractivity contribution is 5.87. The normalized spacial score (nSPS) is 15.8. The van der Waals surface area contributed by atoms with E-state index < -0.39 is 34.0 Å². The molecule has 0 saturated heterocycles. The van der Waals surface area contributed by atoms with Crippen molar-refractivity contribution in [2.24, 2.45) is 5.73 Å². The summed E-state index contributed by atoms with van der Waals surface area (Å²) in [6, 6.07) is 17.6. The average molecular weight is 548 g/mol. The van der Waals surface area contributed by atoms with Gasteiger partial charge in [0.05, 0.1) is 23.1 Å². The lowest BCUT2D eigenvalue weighted by molar-refractivity contribution is 0.0691. The summed E-state index contributed by atoms with van der Waals surface area (Å²) in [5, 5.41) is 22.5. The highest BCUT2D eigenvalue weighted by Gasteiger charge is 2.36. The van der Waals surface area contributed by atoms with E-state index in [-0.39, 0.29) is 36.0 Å². The molecule has 5 N–H and O–H groups in total. The standard InChI is InChI=1S/C31H34FN3O5/c1-20(34-16-17-40-24-12-10-23(11-13-24)22-8-4-3-5-9-22)27(32)28(33)26-21(2)35(18-25(29(26)37)30(38)39)31(19-36)14-6-7-15-31/h3-5,8-13,18,34,36H,2,6-7,14-17,19,33H2,1H3,(H,38,39)/b27-20-,28-26-. The van der Waals surface area contributed by atoms with Gasteiger partial charge in [0.1, 0.15) is 17.9 Å². The van der Waals surface area contributed by atoms with Crippen molar-refractivity contribution in [2.75, 3.05) is 19.8 Å². The van der Waals surface area contributed by atoms with Gasteiger partial charge in [0, 0.05) is 23.8 Å². The fourth-order valence-electron chi connectivity index (χ4n) is 5.18. The Hall–Kier alpha value is -4.37. The number of nitrogens with zero attached hydrogens (tertiary/aromatic N) is 1. The number of carboxylic acids is 1. The summed E-state index contributed by atoms with van der Waals surface area (Å²) < 4.78 is 22.7. The minimum Gasteiger partial charge on any atom is -0.492 e. The summed E-state index contributed by atoms with van der Waals surface area (Å²) in [4.78, 5) is 24.9. The Labute approximate surface area is 231 Å². The molecule has 0 atom stereocenters. The molecule has 1 fully saturated rings. The topological polar surface area (TPSA) is 127 Å². The molecule has 0 radical (unpaired) electrons. The molecule has 2 aromatic carbocycles. The Bertz CT molecular complexity index is 1570. The van der Waals surface area contributed by atoms with Crippen LogP contribution in [0.5, 0.6) is 5.75 Å². The van der Waals surface area contributed by atoms with Crippen molar-refractivity contribution in [2.45, 2.75) is 38.1 Å². The van der Waals surface area contributed by atoms with Crippen molar-refractivity contribution in [1.82, 2.24) is 9.88 Å². The Balaban J connectivity index is 1.54. The van der Waals surface area contributed by atoms with Crippen LogP contribution in [0.2, 0.25) is 0 Å². The van der Waals surface area contributed by atoms with Gasteiger partial charge in [-0.05, 0) is 43.0 Å². The zero-order valence-electron chi connectivity index (χ0n) is 22.5. The van der Waals surface area contributed by atoms with E-state index in [1.165, 1.54) is 17.7 Å². The van der Waals surface area contributed by atoms with E-state index in [9.17, 15) is 19.8 Å². The van der Waals surface area contributed by atoms with Crippen LogP contribution in [0.15, 0.2) is 77.1 Å². The third-order valence-electron chi connectivity index (χ3n) is 7.44. The van der Waals surface area contributed by atoms with Gasteiger partial charge < -0.3 is 30.6 Å². The highest BCUT2D eigenvalue weighted by Crippen LogP contribution is 2.35. The van der Waals surface area contributed by atoms with Crippen molar-refractivity contribution >= 4 is 18.2 Å². The number of benzene rings is 2. The summed E-state index contributed by atoms with van der Waals surface area (Å²) in [6.07, 6.45) is 3.96. The number of aromatic nitrogens is 1. The molecule has 1 aromatic heterocycles. The van der Waals surface area contributed by atoms with Gasteiger partial charge in [-0.1, -0.05) is 61.9 Å². The number of carboxylic acid groups (broad SMARTS) is 1. The van der Waals surface area contributed by atoms with Gasteiger partial charge in [0.2, 0.25) is 5.43 Å². The number of nitrogens with one attached hydrogen (secondary N) is 1. The lowest BCUT2D eigenvalue weighted by Crippen LogP contribution is -2.55. The third-order valence-corrected chi connectivity index (χ3v) is 7.44. The molecule has 0 bridgehead atoms. The maximum Gasteiger partial charge on any atom is 0.341 e. The maximum absolute atomic E-state index is 15.5. The van der Waals surface area contributed by atoms with Gasteiger partial charge >= 0.3 is 5.97 Å². The number of aliphatic hydroxyl groups is 1. The number of ether oxygens (including phenoxy) is 1. The largest absolute Gasteiger partial charge is 0.492 e. The van der Waals surface area contributed by atoms with Crippen LogP contribution in [-0.2, 0) is 5.54 Å². The fourth-order valence-corrected chi connectivity index (χ4v) is 5.18. The highest BCUT2D eigenvalue weighted by atomic mass is 19.1. The van der Waals surface area contributed by atoms with Crippen LogP contribution in [0.4, 0.5) is 4.39 Å². The van der Waals surface area contributed by atoms with E-state index >= 15 is 4.39 Å². The summed E-state index contributed by atoms with van der Waals surface area (Å²) in [7, 11) is 0. The number of rotatable bonds is 10. The van der Waals surface area contributed by atoms with Crippen LogP contribution < -0.4 is 31.8 Å². The van der Waals surface area contributed by atoms with Gasteiger partial charge in [-0.2, -0.15) is 0 Å².